The van der Waals surface area contributed by atoms with Crippen LogP contribution < -0.4 is 5.73 Å². The van der Waals surface area contributed by atoms with Gasteiger partial charge >= 0.3 is 0 Å². The molecule has 4 aromatic rings. The maximum absolute atomic E-state index is 6.19. The minimum atomic E-state index is 0.506. The summed E-state index contributed by atoms with van der Waals surface area (Å²) in [5, 5.41) is 2.22. The highest BCUT2D eigenvalue weighted by Gasteiger charge is 2.09. The minimum absolute atomic E-state index is 0.506. The molecule has 0 spiro atoms. The lowest BCUT2D eigenvalue weighted by atomic mass is 9.98. The summed E-state index contributed by atoms with van der Waals surface area (Å²) in [7, 11) is 0. The van der Waals surface area contributed by atoms with Crippen LogP contribution in [0.15, 0.2) is 48.7 Å². The van der Waals surface area contributed by atoms with Gasteiger partial charge in [0.1, 0.15) is 5.52 Å². The molecule has 3 nitrogen and oxygen atoms in total. The van der Waals surface area contributed by atoms with E-state index in [4.69, 9.17) is 5.73 Å². The number of benzene rings is 2. The molecule has 0 unspecified atom stereocenters. The molecule has 2 aromatic carbocycles. The molecular weight excluding hydrogens is 330 g/mol. The van der Waals surface area contributed by atoms with Crippen LogP contribution in [0.2, 0.25) is 0 Å². The van der Waals surface area contributed by atoms with Crippen LogP contribution in [-0.4, -0.2) is 9.97 Å². The second-order valence-corrected chi connectivity index (χ2v) is 7.37. The van der Waals surface area contributed by atoms with E-state index in [1.165, 1.54) is 27.8 Å². The van der Waals surface area contributed by atoms with Gasteiger partial charge in [-0.3, -0.25) is 4.98 Å². The molecule has 0 bridgehead atoms. The van der Waals surface area contributed by atoms with Crippen LogP contribution in [0.1, 0.15) is 34.7 Å². The predicted octanol–water partition coefficient (Wildman–Crippen LogP) is 5.33. The summed E-state index contributed by atoms with van der Waals surface area (Å²) in [5.74, 6) is 0.506. The summed E-state index contributed by atoms with van der Waals surface area (Å²) in [4.78, 5) is 9.21. The maximum Gasteiger partial charge on any atom is 0.150 e. The van der Waals surface area contributed by atoms with E-state index in [9.17, 15) is 0 Å². The van der Waals surface area contributed by atoms with Crippen molar-refractivity contribution in [2.75, 3.05) is 5.73 Å². The van der Waals surface area contributed by atoms with Crippen LogP contribution in [0.5, 0.6) is 0 Å². The third kappa shape index (κ3) is 3.37. The zero-order valence-electron chi connectivity index (χ0n) is 16.2. The Morgan fingerprint density at radius 2 is 1.74 bits per heavy atom. The van der Waals surface area contributed by atoms with Crippen molar-refractivity contribution in [3.8, 4) is 0 Å². The fraction of sp³-hybridized carbons (Fsp3) is 0.250. The highest BCUT2D eigenvalue weighted by Crippen LogP contribution is 2.28. The third-order valence-corrected chi connectivity index (χ3v) is 5.37. The van der Waals surface area contributed by atoms with Gasteiger partial charge < -0.3 is 5.73 Å². The lowest BCUT2D eigenvalue weighted by Gasteiger charge is -2.10. The second kappa shape index (κ2) is 6.99. The first-order valence-electron chi connectivity index (χ1n) is 9.58. The monoisotopic (exact) mass is 355 g/mol. The van der Waals surface area contributed by atoms with Crippen LogP contribution >= 0.6 is 0 Å². The summed E-state index contributed by atoms with van der Waals surface area (Å²) >= 11 is 0. The van der Waals surface area contributed by atoms with Crippen molar-refractivity contribution >= 4 is 27.6 Å². The van der Waals surface area contributed by atoms with E-state index in [2.05, 4.69) is 73.2 Å². The van der Waals surface area contributed by atoms with Crippen molar-refractivity contribution in [1.29, 1.82) is 0 Å². The summed E-state index contributed by atoms with van der Waals surface area (Å²) in [5.41, 5.74) is 14.5. The molecule has 0 fully saturated rings. The molecule has 3 heteroatoms. The van der Waals surface area contributed by atoms with Gasteiger partial charge in [0.25, 0.3) is 0 Å². The fourth-order valence-corrected chi connectivity index (χ4v) is 3.76. The standard InChI is InChI=1S/C24H25N3/c1-4-17-7-10-20-21-12-18(6-9-19-8-5-15(2)11-16(19)3)14-26-23(21)24(25)27-22(20)13-17/h5,7-8,10-14H,4,6,9H2,1-3H3,(H2,25,27). The number of pyridine rings is 2. The number of nitrogen functional groups attached to an aromatic ring is 1. The Hall–Kier alpha value is -2.94. The first kappa shape index (κ1) is 17.5. The summed E-state index contributed by atoms with van der Waals surface area (Å²) in [6.45, 7) is 6.47. The van der Waals surface area contributed by atoms with E-state index in [-0.39, 0.29) is 0 Å². The van der Waals surface area contributed by atoms with Crippen LogP contribution in [-0.2, 0) is 19.3 Å². The molecule has 4 rings (SSSR count). The fourth-order valence-electron chi connectivity index (χ4n) is 3.76. The lowest BCUT2D eigenvalue weighted by Crippen LogP contribution is -1.99. The van der Waals surface area contributed by atoms with Crippen LogP contribution in [0.4, 0.5) is 5.82 Å². The second-order valence-electron chi connectivity index (χ2n) is 7.37. The Labute approximate surface area is 160 Å². The quantitative estimate of drug-likeness (QED) is 0.503. The zero-order valence-corrected chi connectivity index (χ0v) is 16.2. The van der Waals surface area contributed by atoms with Crippen molar-refractivity contribution in [1.82, 2.24) is 9.97 Å². The summed E-state index contributed by atoms with van der Waals surface area (Å²) < 4.78 is 0. The van der Waals surface area contributed by atoms with E-state index in [0.29, 0.717) is 5.82 Å². The van der Waals surface area contributed by atoms with E-state index < -0.39 is 0 Å². The van der Waals surface area contributed by atoms with Crippen LogP contribution in [0, 0.1) is 13.8 Å². The van der Waals surface area contributed by atoms with Gasteiger partial charge in [0.05, 0.1) is 5.52 Å². The number of rotatable bonds is 4. The minimum Gasteiger partial charge on any atom is -0.382 e. The van der Waals surface area contributed by atoms with Gasteiger partial charge in [0.2, 0.25) is 0 Å². The number of hydrogen-bond donors (Lipinski definition) is 1. The average molecular weight is 355 g/mol. The van der Waals surface area contributed by atoms with Gasteiger partial charge in [-0.1, -0.05) is 42.8 Å². The number of nitrogens with two attached hydrogens (primary N) is 1. The number of hydrogen-bond acceptors (Lipinski definition) is 3. The summed E-state index contributed by atoms with van der Waals surface area (Å²) in [6, 6.07) is 15.4. The van der Waals surface area contributed by atoms with Crippen molar-refractivity contribution in [2.24, 2.45) is 0 Å². The smallest absolute Gasteiger partial charge is 0.150 e. The molecule has 136 valence electrons. The largest absolute Gasteiger partial charge is 0.382 e. The lowest BCUT2D eigenvalue weighted by molar-refractivity contribution is 0.943. The van der Waals surface area contributed by atoms with Gasteiger partial charge in [0, 0.05) is 17.0 Å². The molecule has 2 aromatic heterocycles. The Morgan fingerprint density at radius 3 is 2.52 bits per heavy atom. The Morgan fingerprint density at radius 1 is 0.889 bits per heavy atom. The number of nitrogens with zero attached hydrogens (tertiary/aromatic N) is 2. The molecular formula is C24H25N3. The molecule has 0 aliphatic rings. The Kier molecular flexibility index (Phi) is 4.53. The molecule has 0 saturated heterocycles. The first-order chi connectivity index (χ1) is 13.0. The van der Waals surface area contributed by atoms with Gasteiger partial charge in [-0.25, -0.2) is 4.98 Å². The Bertz CT molecular complexity index is 1150. The zero-order chi connectivity index (χ0) is 19.0. The predicted molar refractivity (Wildman–Crippen MR) is 114 cm³/mol. The van der Waals surface area contributed by atoms with E-state index in [1.807, 2.05) is 6.20 Å². The van der Waals surface area contributed by atoms with Gasteiger partial charge in [0.15, 0.2) is 5.82 Å². The SMILES string of the molecule is CCc1ccc2c(c1)nc(N)c1ncc(CCc3ccc(C)cc3C)cc12. The summed E-state index contributed by atoms with van der Waals surface area (Å²) in [6.07, 6.45) is 4.90. The molecule has 27 heavy (non-hydrogen) atoms. The molecule has 0 amide bonds. The number of fused-ring (bicyclic) bond motifs is 3. The molecule has 0 saturated carbocycles. The highest BCUT2D eigenvalue weighted by atomic mass is 14.9. The van der Waals surface area contributed by atoms with Crippen molar-refractivity contribution in [2.45, 2.75) is 40.0 Å². The van der Waals surface area contributed by atoms with Crippen molar-refractivity contribution in [3.05, 3.63) is 76.5 Å². The molecule has 0 atom stereocenters. The molecule has 2 heterocycles. The van der Waals surface area contributed by atoms with Gasteiger partial charge in [-0.15, -0.1) is 0 Å². The van der Waals surface area contributed by atoms with Crippen LogP contribution in [0.3, 0.4) is 0 Å². The number of aryl methyl sites for hydroxylation is 5. The van der Waals surface area contributed by atoms with E-state index in [0.717, 1.165) is 41.1 Å². The van der Waals surface area contributed by atoms with E-state index in [1.54, 1.807) is 0 Å². The topological polar surface area (TPSA) is 51.8 Å². The number of anilines is 1. The molecule has 0 radical (unpaired) electrons. The molecule has 0 aliphatic carbocycles. The van der Waals surface area contributed by atoms with Gasteiger partial charge in [-0.2, -0.15) is 0 Å². The van der Waals surface area contributed by atoms with Gasteiger partial charge in [-0.05, 0) is 67.5 Å². The van der Waals surface area contributed by atoms with Crippen LogP contribution in [0.25, 0.3) is 21.8 Å². The Balaban J connectivity index is 1.73. The normalized spacial score (nSPS) is 11.4. The van der Waals surface area contributed by atoms with E-state index >= 15 is 0 Å². The third-order valence-electron chi connectivity index (χ3n) is 5.37. The van der Waals surface area contributed by atoms with Crippen molar-refractivity contribution in [3.63, 3.8) is 0 Å². The highest BCUT2D eigenvalue weighted by molar-refractivity contribution is 6.08. The molecule has 0 aliphatic heterocycles. The first-order valence-corrected chi connectivity index (χ1v) is 9.58. The van der Waals surface area contributed by atoms with Crippen molar-refractivity contribution < 1.29 is 0 Å². The number of aromatic nitrogens is 2. The molecule has 2 N–H and O–H groups in total. The average Bonchev–Trinajstić information content (AvgIpc) is 2.67. The maximum atomic E-state index is 6.19.